The molecule has 38 heavy (non-hydrogen) atoms. The lowest BCUT2D eigenvalue weighted by molar-refractivity contribution is -0.895. The van der Waals surface area contributed by atoms with E-state index in [1.165, 1.54) is 10.5 Å². The number of carbonyl (C=O) groups excluding carboxylic acids is 2. The summed E-state index contributed by atoms with van der Waals surface area (Å²) in [5.41, 5.74) is 5.89. The van der Waals surface area contributed by atoms with Gasteiger partial charge in [-0.3, -0.25) is 9.59 Å². The van der Waals surface area contributed by atoms with Gasteiger partial charge < -0.3 is 20.0 Å². The summed E-state index contributed by atoms with van der Waals surface area (Å²) in [7, 11) is 0. The predicted octanol–water partition coefficient (Wildman–Crippen LogP) is 3.22. The van der Waals surface area contributed by atoms with Crippen molar-refractivity contribution >= 4 is 39.9 Å². The second kappa shape index (κ2) is 10.3. The summed E-state index contributed by atoms with van der Waals surface area (Å²) in [6, 6.07) is 25.9. The van der Waals surface area contributed by atoms with Crippen LogP contribution in [0, 0.1) is 6.92 Å². The normalized spacial score (nSPS) is 15.5. The highest BCUT2D eigenvalue weighted by atomic mass is 16.2. The summed E-state index contributed by atoms with van der Waals surface area (Å²) < 4.78 is 0. The van der Waals surface area contributed by atoms with Gasteiger partial charge in [-0.1, -0.05) is 48.5 Å². The first-order chi connectivity index (χ1) is 18.6. The summed E-state index contributed by atoms with van der Waals surface area (Å²) in [4.78, 5) is 36.4. The minimum Gasteiger partial charge on any atom is -0.327 e. The van der Waals surface area contributed by atoms with Gasteiger partial charge in [0.1, 0.15) is 5.82 Å². The highest BCUT2D eigenvalue weighted by molar-refractivity contribution is 6.05. The first-order valence-corrected chi connectivity index (χ1v) is 13.3. The Bertz CT molecular complexity index is 1500. The van der Waals surface area contributed by atoms with Gasteiger partial charge >= 0.3 is 0 Å². The number of carbonyl (C=O) groups is 2. The lowest BCUT2D eigenvalue weighted by Crippen LogP contribution is -3.15. The van der Waals surface area contributed by atoms with Crippen molar-refractivity contribution in [3.63, 3.8) is 0 Å². The van der Waals surface area contributed by atoms with Crippen LogP contribution in [0.15, 0.2) is 78.9 Å². The number of hydrogen-bond donors (Lipinski definition) is 2. The molecule has 0 radical (unpaired) electrons. The maximum absolute atomic E-state index is 13.3. The molecule has 3 heterocycles. The molecule has 1 aromatic heterocycles. The standard InChI is InChI=1S/C31H31N5O2/c1-22-8-7-11-24(20-22)36-15-14-26-29(25-12-5-6-13-27(25)32-30(26)36)33-28(37)21-34-16-18-35(19-17-34)31(38)23-9-3-2-4-10-23/h2-13,20H,14-19,21H2,1H3,(H,32,33,37)/p+1. The van der Waals surface area contributed by atoms with Crippen molar-refractivity contribution in [2.75, 3.05) is 49.5 Å². The topological polar surface area (TPSA) is 70.0 Å². The minimum absolute atomic E-state index is 0.00426. The molecule has 0 saturated carbocycles. The van der Waals surface area contributed by atoms with Crippen molar-refractivity contribution in [3.8, 4) is 0 Å². The Morgan fingerprint density at radius 2 is 1.68 bits per heavy atom. The van der Waals surface area contributed by atoms with E-state index >= 15 is 0 Å². The molecule has 1 fully saturated rings. The Balaban J connectivity index is 1.18. The maximum atomic E-state index is 13.3. The fraction of sp³-hybridized carbons (Fsp3) is 0.258. The third-order valence-corrected chi connectivity index (χ3v) is 7.58. The van der Waals surface area contributed by atoms with Gasteiger partial charge in [-0.15, -0.1) is 0 Å². The Labute approximate surface area is 222 Å². The monoisotopic (exact) mass is 506 g/mol. The average Bonchev–Trinajstić information content (AvgIpc) is 3.37. The van der Waals surface area contributed by atoms with Crippen LogP contribution < -0.4 is 15.1 Å². The number of hydrogen-bond acceptors (Lipinski definition) is 4. The Morgan fingerprint density at radius 3 is 2.47 bits per heavy atom. The second-order valence-corrected chi connectivity index (χ2v) is 10.2. The number of aryl methyl sites for hydroxylation is 1. The Hall–Kier alpha value is -4.23. The van der Waals surface area contributed by atoms with Crippen LogP contribution in [0.5, 0.6) is 0 Å². The first-order valence-electron chi connectivity index (χ1n) is 13.3. The van der Waals surface area contributed by atoms with Crippen molar-refractivity contribution in [2.24, 2.45) is 0 Å². The molecule has 7 heteroatoms. The van der Waals surface area contributed by atoms with Gasteiger partial charge in [0.15, 0.2) is 6.54 Å². The van der Waals surface area contributed by atoms with Gasteiger partial charge in [0.25, 0.3) is 11.8 Å². The molecule has 2 aliphatic rings. The van der Waals surface area contributed by atoms with Crippen molar-refractivity contribution in [1.82, 2.24) is 9.88 Å². The van der Waals surface area contributed by atoms with Crippen molar-refractivity contribution < 1.29 is 14.5 Å². The minimum atomic E-state index is -0.00426. The van der Waals surface area contributed by atoms with Crippen LogP contribution in [0.25, 0.3) is 10.9 Å². The number of amides is 2. The molecule has 7 nitrogen and oxygen atoms in total. The fourth-order valence-corrected chi connectivity index (χ4v) is 5.59. The smallest absolute Gasteiger partial charge is 0.279 e. The number of aromatic nitrogens is 1. The van der Waals surface area contributed by atoms with Gasteiger partial charge in [0, 0.05) is 28.7 Å². The molecule has 192 valence electrons. The zero-order chi connectivity index (χ0) is 26.1. The molecule has 6 rings (SSSR count). The van der Waals surface area contributed by atoms with Crippen LogP contribution >= 0.6 is 0 Å². The molecule has 0 aliphatic carbocycles. The van der Waals surface area contributed by atoms with Gasteiger partial charge in [-0.2, -0.15) is 0 Å². The molecule has 2 N–H and O–H groups in total. The number of pyridine rings is 1. The number of quaternary nitrogens is 1. The third kappa shape index (κ3) is 4.73. The van der Waals surface area contributed by atoms with E-state index < -0.39 is 0 Å². The van der Waals surface area contributed by atoms with Crippen LogP contribution in [0.4, 0.5) is 17.2 Å². The molecular formula is C31H32N5O2+. The highest BCUT2D eigenvalue weighted by Crippen LogP contribution is 2.40. The number of piperazine rings is 1. The molecule has 0 spiro atoms. The summed E-state index contributed by atoms with van der Waals surface area (Å²) in [5.74, 6) is 0.978. The number of rotatable bonds is 5. The lowest BCUT2D eigenvalue weighted by Gasteiger charge is -2.32. The summed E-state index contributed by atoms with van der Waals surface area (Å²) in [6.45, 7) is 6.10. The predicted molar refractivity (Wildman–Crippen MR) is 150 cm³/mol. The summed E-state index contributed by atoms with van der Waals surface area (Å²) in [5, 5.41) is 4.24. The van der Waals surface area contributed by atoms with Crippen molar-refractivity contribution in [3.05, 3.63) is 95.6 Å². The number of benzene rings is 3. The average molecular weight is 507 g/mol. The molecule has 1 saturated heterocycles. The molecule has 0 unspecified atom stereocenters. The zero-order valence-electron chi connectivity index (χ0n) is 21.6. The van der Waals surface area contributed by atoms with Crippen LogP contribution in [0.2, 0.25) is 0 Å². The van der Waals surface area contributed by atoms with E-state index in [1.54, 1.807) is 0 Å². The van der Waals surface area contributed by atoms with Gasteiger partial charge in [-0.25, -0.2) is 4.98 Å². The largest absolute Gasteiger partial charge is 0.327 e. The summed E-state index contributed by atoms with van der Waals surface area (Å²) in [6.07, 6.45) is 0.823. The third-order valence-electron chi connectivity index (χ3n) is 7.58. The highest BCUT2D eigenvalue weighted by Gasteiger charge is 2.29. The SMILES string of the molecule is Cc1cccc(N2CCc3c2nc2ccccc2c3NC(=O)C[NH+]2CCN(C(=O)c3ccccc3)CC2)c1. The number of nitrogens with zero attached hydrogens (tertiary/aromatic N) is 3. The number of fused-ring (bicyclic) bond motifs is 2. The molecule has 3 aromatic carbocycles. The molecule has 4 aromatic rings. The van der Waals surface area contributed by atoms with Gasteiger partial charge in [-0.05, 0) is 49.2 Å². The van der Waals surface area contributed by atoms with Gasteiger partial charge in [0.05, 0.1) is 37.4 Å². The van der Waals surface area contributed by atoms with Crippen LogP contribution in [-0.4, -0.2) is 61.0 Å². The second-order valence-electron chi connectivity index (χ2n) is 10.2. The quantitative estimate of drug-likeness (QED) is 0.436. The Kier molecular flexibility index (Phi) is 6.52. The van der Waals surface area contributed by atoms with Crippen molar-refractivity contribution in [1.29, 1.82) is 0 Å². The zero-order valence-corrected chi connectivity index (χ0v) is 21.6. The Morgan fingerprint density at radius 1 is 0.921 bits per heavy atom. The van der Waals surface area contributed by atoms with E-state index in [9.17, 15) is 9.59 Å². The number of nitrogens with one attached hydrogen (secondary N) is 2. The van der Waals surface area contributed by atoms with E-state index in [-0.39, 0.29) is 11.8 Å². The van der Waals surface area contributed by atoms with Crippen LogP contribution in [-0.2, 0) is 11.2 Å². The number of anilines is 3. The molecule has 0 bridgehead atoms. The van der Waals surface area contributed by atoms with E-state index in [0.717, 1.165) is 59.7 Å². The molecule has 2 amide bonds. The molecule has 2 aliphatic heterocycles. The fourth-order valence-electron chi connectivity index (χ4n) is 5.59. The molecule has 0 atom stereocenters. The van der Waals surface area contributed by atoms with E-state index in [2.05, 4.69) is 41.4 Å². The maximum Gasteiger partial charge on any atom is 0.279 e. The lowest BCUT2D eigenvalue weighted by atomic mass is 10.1. The van der Waals surface area contributed by atoms with Crippen LogP contribution in [0.3, 0.4) is 0 Å². The van der Waals surface area contributed by atoms with Gasteiger partial charge in [0.2, 0.25) is 0 Å². The number of para-hydroxylation sites is 1. The molecular weight excluding hydrogens is 474 g/mol. The van der Waals surface area contributed by atoms with E-state index in [0.29, 0.717) is 25.2 Å². The van der Waals surface area contributed by atoms with Crippen molar-refractivity contribution in [2.45, 2.75) is 13.3 Å². The first kappa shape index (κ1) is 24.1. The van der Waals surface area contributed by atoms with E-state index in [4.69, 9.17) is 4.98 Å². The summed E-state index contributed by atoms with van der Waals surface area (Å²) >= 11 is 0. The van der Waals surface area contributed by atoms with Crippen LogP contribution in [0.1, 0.15) is 21.5 Å². The van der Waals surface area contributed by atoms with E-state index in [1.807, 2.05) is 59.5 Å².